The number of ether oxygens (including phenoxy) is 1. The molecular weight excluding hydrogens is 304 g/mol. The molecule has 22 heavy (non-hydrogen) atoms. The van der Waals surface area contributed by atoms with Crippen molar-refractivity contribution in [2.75, 3.05) is 7.05 Å². The summed E-state index contributed by atoms with van der Waals surface area (Å²) < 4.78 is 5.11. The molecule has 0 aliphatic heterocycles. The van der Waals surface area contributed by atoms with E-state index in [1.807, 2.05) is 13.0 Å². The first-order valence-electron chi connectivity index (χ1n) is 7.28. The first-order valence-corrected chi connectivity index (χ1v) is 8.09. The maximum atomic E-state index is 12.1. The van der Waals surface area contributed by atoms with Crippen molar-refractivity contribution >= 4 is 29.2 Å². The van der Waals surface area contributed by atoms with E-state index in [4.69, 9.17) is 4.74 Å². The van der Waals surface area contributed by atoms with Gasteiger partial charge in [-0.2, -0.15) is 0 Å². The molecule has 0 fully saturated rings. The molecule has 0 bridgehead atoms. The molecule has 6 nitrogen and oxygen atoms in total. The molecule has 1 rings (SSSR count). The third-order valence-corrected chi connectivity index (χ3v) is 4.29. The van der Waals surface area contributed by atoms with Crippen LogP contribution < -0.4 is 10.6 Å². The fraction of sp³-hybridized carbons (Fsp3) is 0.533. The molecule has 1 heterocycles. The summed E-state index contributed by atoms with van der Waals surface area (Å²) in [7, 11) is 1.40. The van der Waals surface area contributed by atoms with Gasteiger partial charge in [0.15, 0.2) is 6.10 Å². The van der Waals surface area contributed by atoms with E-state index >= 15 is 0 Å². The van der Waals surface area contributed by atoms with E-state index in [2.05, 4.69) is 17.6 Å². The minimum atomic E-state index is -1.04. The highest BCUT2D eigenvalue weighted by molar-refractivity contribution is 7.14. The average Bonchev–Trinajstić information content (AvgIpc) is 2.90. The van der Waals surface area contributed by atoms with Crippen LogP contribution in [0.5, 0.6) is 0 Å². The number of nitrogens with one attached hydrogen (secondary N) is 2. The summed E-state index contributed by atoms with van der Waals surface area (Å²) in [6.45, 7) is 5.55. The lowest BCUT2D eigenvalue weighted by molar-refractivity contribution is -0.127. The number of hydrogen-bond donors (Lipinski definition) is 2. The van der Waals surface area contributed by atoms with E-state index in [1.54, 1.807) is 0 Å². The highest BCUT2D eigenvalue weighted by atomic mass is 32.1. The topological polar surface area (TPSA) is 84.5 Å². The van der Waals surface area contributed by atoms with Gasteiger partial charge in [-0.05, 0) is 31.4 Å². The molecule has 0 radical (unpaired) electrons. The quantitative estimate of drug-likeness (QED) is 0.785. The summed E-state index contributed by atoms with van der Waals surface area (Å²) in [4.78, 5) is 36.5. The van der Waals surface area contributed by atoms with Crippen LogP contribution in [0.25, 0.3) is 0 Å². The Morgan fingerprint density at radius 2 is 2.00 bits per heavy atom. The van der Waals surface area contributed by atoms with Crippen LogP contribution in [0.15, 0.2) is 6.07 Å². The smallest absolute Gasteiger partial charge is 0.349 e. The predicted molar refractivity (Wildman–Crippen MR) is 85.2 cm³/mol. The average molecular weight is 326 g/mol. The van der Waals surface area contributed by atoms with Crippen molar-refractivity contribution in [3.63, 3.8) is 0 Å². The number of carbonyl (C=O) groups is 3. The minimum absolute atomic E-state index is 0.486. The molecule has 1 aromatic heterocycles. The molecule has 0 unspecified atom stereocenters. The van der Waals surface area contributed by atoms with E-state index in [0.29, 0.717) is 4.88 Å². The maximum absolute atomic E-state index is 12.1. The van der Waals surface area contributed by atoms with Gasteiger partial charge in [0.1, 0.15) is 4.88 Å². The highest BCUT2D eigenvalue weighted by Crippen LogP contribution is 2.25. The number of hydrogen-bond acceptors (Lipinski definition) is 5. The monoisotopic (exact) mass is 326 g/mol. The van der Waals surface area contributed by atoms with E-state index in [-0.39, 0.29) is 0 Å². The Balaban J connectivity index is 2.72. The van der Waals surface area contributed by atoms with Crippen LogP contribution in [-0.2, 0) is 22.4 Å². The highest BCUT2D eigenvalue weighted by Gasteiger charge is 2.22. The molecule has 0 spiro atoms. The summed E-state index contributed by atoms with van der Waals surface area (Å²) in [5, 5.41) is 4.33. The molecule has 0 saturated heterocycles. The van der Waals surface area contributed by atoms with E-state index in [0.717, 1.165) is 24.8 Å². The van der Waals surface area contributed by atoms with Crippen molar-refractivity contribution in [3.8, 4) is 0 Å². The van der Waals surface area contributed by atoms with Crippen molar-refractivity contribution in [1.82, 2.24) is 10.6 Å². The Hall–Kier alpha value is -1.89. The summed E-state index contributed by atoms with van der Waals surface area (Å²) in [5.41, 5.74) is 1.14. The van der Waals surface area contributed by atoms with Gasteiger partial charge < -0.3 is 10.1 Å². The van der Waals surface area contributed by atoms with Gasteiger partial charge >= 0.3 is 12.0 Å². The standard InChI is InChI=1S/C15H22N2O4S/c1-5-7-11-10(6-2)8-12(22-11)14(19)21-9(3)13(18)17-15(20)16-4/h8-9H,5-7H2,1-4H3,(H2,16,17,18,20)/t9-/m1/s1. The zero-order valence-corrected chi connectivity index (χ0v) is 14.1. The van der Waals surface area contributed by atoms with Crippen molar-refractivity contribution in [3.05, 3.63) is 21.4 Å². The van der Waals surface area contributed by atoms with Crippen molar-refractivity contribution in [2.24, 2.45) is 0 Å². The van der Waals surface area contributed by atoms with E-state index in [9.17, 15) is 14.4 Å². The Bertz CT molecular complexity index is 554. The molecule has 0 aromatic carbocycles. The molecule has 0 saturated carbocycles. The second-order valence-corrected chi connectivity index (χ2v) is 5.92. The number of rotatable bonds is 6. The second-order valence-electron chi connectivity index (χ2n) is 4.78. The maximum Gasteiger partial charge on any atom is 0.349 e. The van der Waals surface area contributed by atoms with Crippen LogP contribution in [0, 0.1) is 0 Å². The Morgan fingerprint density at radius 1 is 1.32 bits per heavy atom. The molecule has 3 amide bonds. The van der Waals surface area contributed by atoms with Gasteiger partial charge in [-0.3, -0.25) is 10.1 Å². The number of esters is 1. The number of imide groups is 1. The fourth-order valence-corrected chi connectivity index (χ4v) is 3.09. The Morgan fingerprint density at radius 3 is 2.55 bits per heavy atom. The summed E-state index contributed by atoms with van der Waals surface area (Å²) >= 11 is 1.40. The zero-order valence-electron chi connectivity index (χ0n) is 13.3. The lowest BCUT2D eigenvalue weighted by Gasteiger charge is -2.11. The second kappa shape index (κ2) is 8.53. The fourth-order valence-electron chi connectivity index (χ4n) is 1.85. The Labute approximate surface area is 134 Å². The van der Waals surface area contributed by atoms with Crippen LogP contribution in [0.4, 0.5) is 4.79 Å². The summed E-state index contributed by atoms with van der Waals surface area (Å²) in [5.74, 6) is -1.20. The summed E-state index contributed by atoms with van der Waals surface area (Å²) in [6.07, 6.45) is 1.75. The normalized spacial score (nSPS) is 11.6. The lowest BCUT2D eigenvalue weighted by atomic mass is 10.1. The zero-order chi connectivity index (χ0) is 16.7. The van der Waals surface area contributed by atoms with Crippen LogP contribution in [0.1, 0.15) is 47.3 Å². The number of thiophene rings is 1. The van der Waals surface area contributed by atoms with Crippen LogP contribution in [-0.4, -0.2) is 31.1 Å². The van der Waals surface area contributed by atoms with E-state index < -0.39 is 24.0 Å². The van der Waals surface area contributed by atoms with Gasteiger partial charge in [0.2, 0.25) is 0 Å². The number of amides is 3. The van der Waals surface area contributed by atoms with Crippen molar-refractivity contribution < 1.29 is 19.1 Å². The largest absolute Gasteiger partial charge is 0.448 e. The molecule has 0 aliphatic rings. The van der Waals surface area contributed by atoms with Crippen LogP contribution in [0.2, 0.25) is 0 Å². The first kappa shape index (κ1) is 18.2. The molecule has 7 heteroatoms. The molecule has 1 aromatic rings. The van der Waals surface area contributed by atoms with Gasteiger partial charge in [0, 0.05) is 11.9 Å². The number of urea groups is 1. The van der Waals surface area contributed by atoms with Gasteiger partial charge in [-0.1, -0.05) is 20.3 Å². The molecule has 2 N–H and O–H groups in total. The Kier molecular flexibility index (Phi) is 7.04. The van der Waals surface area contributed by atoms with Crippen molar-refractivity contribution in [2.45, 2.75) is 46.1 Å². The third-order valence-electron chi connectivity index (χ3n) is 3.07. The number of aryl methyl sites for hydroxylation is 2. The number of carbonyl (C=O) groups excluding carboxylic acids is 3. The molecule has 0 aliphatic carbocycles. The van der Waals surface area contributed by atoms with Crippen molar-refractivity contribution in [1.29, 1.82) is 0 Å². The molecule has 1 atom stereocenters. The molecular formula is C15H22N2O4S. The van der Waals surface area contributed by atoms with Gasteiger partial charge in [-0.15, -0.1) is 11.3 Å². The minimum Gasteiger partial charge on any atom is -0.448 e. The predicted octanol–water partition coefficient (Wildman–Crippen LogP) is 2.26. The summed E-state index contributed by atoms with van der Waals surface area (Å²) in [6, 6.07) is 1.18. The van der Waals surface area contributed by atoms with Crippen LogP contribution >= 0.6 is 11.3 Å². The van der Waals surface area contributed by atoms with Gasteiger partial charge in [-0.25, -0.2) is 9.59 Å². The SMILES string of the molecule is CCCc1sc(C(=O)O[C@H](C)C(=O)NC(=O)NC)cc1CC. The third kappa shape index (κ3) is 4.84. The van der Waals surface area contributed by atoms with Gasteiger partial charge in [0.25, 0.3) is 5.91 Å². The molecule has 122 valence electrons. The van der Waals surface area contributed by atoms with Gasteiger partial charge in [0.05, 0.1) is 0 Å². The lowest BCUT2D eigenvalue weighted by Crippen LogP contribution is -2.43. The van der Waals surface area contributed by atoms with Crippen LogP contribution in [0.3, 0.4) is 0 Å². The first-order chi connectivity index (χ1) is 10.4. The van der Waals surface area contributed by atoms with E-state index in [1.165, 1.54) is 30.2 Å².